The molecule has 0 N–H and O–H groups in total. The molecule has 2 rings (SSSR count). The van der Waals surface area contributed by atoms with E-state index < -0.39 is 0 Å². The molecule has 1 saturated heterocycles. The second-order valence-electron chi connectivity index (χ2n) is 5.76. The lowest BCUT2D eigenvalue weighted by Crippen LogP contribution is -2.44. The fraction of sp³-hybridized carbons (Fsp3) is 0.471. The molecule has 1 aromatic carbocycles. The number of esters is 1. The summed E-state index contributed by atoms with van der Waals surface area (Å²) in [5.41, 5.74) is 3.06. The van der Waals surface area contributed by atoms with Gasteiger partial charge in [0.25, 0.3) is 0 Å². The van der Waals surface area contributed by atoms with Gasteiger partial charge < -0.3 is 9.64 Å². The zero-order chi connectivity index (χ0) is 15.4. The van der Waals surface area contributed by atoms with Gasteiger partial charge in [-0.1, -0.05) is 18.7 Å². The van der Waals surface area contributed by atoms with Gasteiger partial charge in [0.05, 0.1) is 0 Å². The minimum Gasteiger partial charge on any atom is -0.426 e. The summed E-state index contributed by atoms with van der Waals surface area (Å²) >= 11 is 0. The van der Waals surface area contributed by atoms with E-state index in [1.165, 1.54) is 6.92 Å². The summed E-state index contributed by atoms with van der Waals surface area (Å²) < 4.78 is 5.24. The van der Waals surface area contributed by atoms with Crippen molar-refractivity contribution < 1.29 is 9.53 Å². The molecule has 0 aliphatic carbocycles. The average molecular weight is 288 g/mol. The van der Waals surface area contributed by atoms with E-state index in [9.17, 15) is 4.79 Å². The maximum atomic E-state index is 11.1. The van der Waals surface area contributed by atoms with Gasteiger partial charge in [0.15, 0.2) is 0 Å². The van der Waals surface area contributed by atoms with Gasteiger partial charge >= 0.3 is 5.97 Å². The summed E-state index contributed by atoms with van der Waals surface area (Å²) in [5, 5.41) is 0. The Labute approximate surface area is 127 Å². The third-order valence-electron chi connectivity index (χ3n) is 3.86. The van der Waals surface area contributed by atoms with Crippen molar-refractivity contribution in [2.24, 2.45) is 0 Å². The van der Waals surface area contributed by atoms with Crippen molar-refractivity contribution in [1.82, 2.24) is 9.80 Å². The van der Waals surface area contributed by atoms with E-state index in [2.05, 4.69) is 23.4 Å². The van der Waals surface area contributed by atoms with Crippen LogP contribution in [0.1, 0.15) is 18.1 Å². The second-order valence-corrected chi connectivity index (χ2v) is 5.76. The molecule has 0 unspecified atom stereocenters. The van der Waals surface area contributed by atoms with Gasteiger partial charge in [-0.05, 0) is 36.7 Å². The van der Waals surface area contributed by atoms with E-state index in [0.29, 0.717) is 5.75 Å². The molecule has 4 heteroatoms. The Morgan fingerprint density at radius 1 is 1.29 bits per heavy atom. The van der Waals surface area contributed by atoms with Crippen molar-refractivity contribution in [2.75, 3.05) is 39.8 Å². The van der Waals surface area contributed by atoms with Crippen molar-refractivity contribution in [3.05, 3.63) is 35.9 Å². The van der Waals surface area contributed by atoms with Crippen molar-refractivity contribution in [3.8, 4) is 5.75 Å². The number of carbonyl (C=O) groups is 1. The maximum absolute atomic E-state index is 11.1. The summed E-state index contributed by atoms with van der Waals surface area (Å²) in [4.78, 5) is 15.9. The van der Waals surface area contributed by atoms with Crippen LogP contribution in [0.2, 0.25) is 0 Å². The minimum atomic E-state index is -0.292. The summed E-state index contributed by atoms with van der Waals surface area (Å²) in [7, 11) is 2.15. The molecule has 4 nitrogen and oxygen atoms in total. The average Bonchev–Trinajstić information content (AvgIpc) is 2.43. The fourth-order valence-electron chi connectivity index (χ4n) is 2.45. The van der Waals surface area contributed by atoms with Gasteiger partial charge in [-0.3, -0.25) is 9.69 Å². The normalized spacial score (nSPS) is 16.7. The first kappa shape index (κ1) is 15.7. The van der Waals surface area contributed by atoms with E-state index in [1.807, 2.05) is 25.1 Å². The van der Waals surface area contributed by atoms with Gasteiger partial charge in [-0.2, -0.15) is 0 Å². The van der Waals surface area contributed by atoms with Crippen LogP contribution in [0.5, 0.6) is 5.75 Å². The molecule has 1 heterocycles. The smallest absolute Gasteiger partial charge is 0.308 e. The Hall–Kier alpha value is -1.65. The largest absolute Gasteiger partial charge is 0.426 e. The predicted molar refractivity (Wildman–Crippen MR) is 85.5 cm³/mol. The molecule has 1 fully saturated rings. The standard InChI is InChI=1S/C17H24N2O2/c1-13-5-6-16(11-17(13)21-15(3)20)14(2)12-19-9-7-18(4)8-10-19/h5-6,11H,2,7-10,12H2,1,3-4H3. The van der Waals surface area contributed by atoms with E-state index in [-0.39, 0.29) is 5.97 Å². The zero-order valence-electron chi connectivity index (χ0n) is 13.2. The van der Waals surface area contributed by atoms with Crippen LogP contribution in [0.25, 0.3) is 5.57 Å². The Balaban J connectivity index is 2.03. The summed E-state index contributed by atoms with van der Waals surface area (Å²) in [5.74, 6) is 0.333. The van der Waals surface area contributed by atoms with Crippen molar-refractivity contribution >= 4 is 11.5 Å². The first-order valence-corrected chi connectivity index (χ1v) is 7.34. The van der Waals surface area contributed by atoms with Crippen LogP contribution in [0.3, 0.4) is 0 Å². The minimum absolute atomic E-state index is 0.292. The number of nitrogens with zero attached hydrogens (tertiary/aromatic N) is 2. The van der Waals surface area contributed by atoms with Crippen LogP contribution in [0, 0.1) is 6.92 Å². The summed E-state index contributed by atoms with van der Waals surface area (Å²) in [6.07, 6.45) is 0. The number of piperazine rings is 1. The quantitative estimate of drug-likeness (QED) is 0.628. The van der Waals surface area contributed by atoms with Crippen molar-refractivity contribution in [2.45, 2.75) is 13.8 Å². The van der Waals surface area contributed by atoms with Crippen molar-refractivity contribution in [3.63, 3.8) is 0 Å². The monoisotopic (exact) mass is 288 g/mol. The Bertz CT molecular complexity index is 532. The molecule has 1 aliphatic heterocycles. The first-order chi connectivity index (χ1) is 9.95. The molecule has 0 amide bonds. The van der Waals surface area contributed by atoms with E-state index in [0.717, 1.165) is 49.4 Å². The molecular formula is C17H24N2O2. The van der Waals surface area contributed by atoms with E-state index in [1.54, 1.807) is 0 Å². The van der Waals surface area contributed by atoms with Crippen LogP contribution >= 0.6 is 0 Å². The van der Waals surface area contributed by atoms with E-state index in [4.69, 9.17) is 4.74 Å². The van der Waals surface area contributed by atoms with Crippen LogP contribution in [-0.4, -0.2) is 55.5 Å². The Kier molecular flexibility index (Phi) is 5.15. The number of carbonyl (C=O) groups excluding carboxylic acids is 1. The SMILES string of the molecule is C=C(CN1CCN(C)CC1)c1ccc(C)c(OC(C)=O)c1. The maximum Gasteiger partial charge on any atom is 0.308 e. The molecule has 0 spiro atoms. The second kappa shape index (κ2) is 6.87. The lowest BCUT2D eigenvalue weighted by Gasteiger charge is -2.32. The van der Waals surface area contributed by atoms with Gasteiger partial charge in [0, 0.05) is 39.6 Å². The Morgan fingerprint density at radius 2 is 1.95 bits per heavy atom. The molecule has 21 heavy (non-hydrogen) atoms. The predicted octanol–water partition coefficient (Wildman–Crippen LogP) is 2.18. The summed E-state index contributed by atoms with van der Waals surface area (Å²) in [6, 6.07) is 5.93. The van der Waals surface area contributed by atoms with Crippen molar-refractivity contribution in [1.29, 1.82) is 0 Å². The highest BCUT2D eigenvalue weighted by atomic mass is 16.5. The molecule has 1 aromatic rings. The van der Waals surface area contributed by atoms with Crippen LogP contribution in [0.4, 0.5) is 0 Å². The van der Waals surface area contributed by atoms with Crippen LogP contribution < -0.4 is 4.74 Å². The third-order valence-corrected chi connectivity index (χ3v) is 3.86. The number of benzene rings is 1. The molecule has 114 valence electrons. The van der Waals surface area contributed by atoms with Gasteiger partial charge in [0.2, 0.25) is 0 Å². The zero-order valence-corrected chi connectivity index (χ0v) is 13.2. The fourth-order valence-corrected chi connectivity index (χ4v) is 2.45. The van der Waals surface area contributed by atoms with E-state index >= 15 is 0 Å². The molecule has 1 aliphatic rings. The number of aryl methyl sites for hydroxylation is 1. The molecular weight excluding hydrogens is 264 g/mol. The number of hydrogen-bond donors (Lipinski definition) is 0. The van der Waals surface area contributed by atoms with Gasteiger partial charge in [-0.25, -0.2) is 0 Å². The highest BCUT2D eigenvalue weighted by molar-refractivity contribution is 5.72. The highest BCUT2D eigenvalue weighted by Crippen LogP contribution is 2.24. The molecule has 0 aromatic heterocycles. The van der Waals surface area contributed by atoms with Gasteiger partial charge in [-0.15, -0.1) is 0 Å². The number of ether oxygens (including phenoxy) is 1. The molecule has 0 saturated carbocycles. The van der Waals surface area contributed by atoms with Gasteiger partial charge in [0.1, 0.15) is 5.75 Å². The number of likely N-dealkylation sites (N-methyl/N-ethyl adjacent to an activating group) is 1. The third kappa shape index (κ3) is 4.41. The lowest BCUT2D eigenvalue weighted by atomic mass is 10.0. The topological polar surface area (TPSA) is 32.8 Å². The molecule has 0 atom stereocenters. The molecule has 0 radical (unpaired) electrons. The number of rotatable bonds is 4. The lowest BCUT2D eigenvalue weighted by molar-refractivity contribution is -0.131. The molecule has 0 bridgehead atoms. The van der Waals surface area contributed by atoms with Crippen LogP contribution in [0.15, 0.2) is 24.8 Å². The highest BCUT2D eigenvalue weighted by Gasteiger charge is 2.15. The van der Waals surface area contributed by atoms with Crippen LogP contribution in [-0.2, 0) is 4.79 Å². The number of hydrogen-bond acceptors (Lipinski definition) is 4. The Morgan fingerprint density at radius 3 is 2.57 bits per heavy atom. The first-order valence-electron chi connectivity index (χ1n) is 7.34. The summed E-state index contributed by atoms with van der Waals surface area (Å²) in [6.45, 7) is 12.7.